The van der Waals surface area contributed by atoms with E-state index in [1.807, 2.05) is 0 Å². The second-order valence-electron chi connectivity index (χ2n) is 6.24. The summed E-state index contributed by atoms with van der Waals surface area (Å²) in [5.74, 6) is 0. The highest BCUT2D eigenvalue weighted by Crippen LogP contribution is 2.13. The van der Waals surface area contributed by atoms with Crippen LogP contribution in [-0.4, -0.2) is 11.7 Å². The molecule has 0 rings (SSSR count). The van der Waals surface area contributed by atoms with Crippen molar-refractivity contribution in [2.24, 2.45) is 5.73 Å². The Morgan fingerprint density at radius 1 is 0.667 bits per heavy atom. The van der Waals surface area contributed by atoms with Crippen LogP contribution in [0, 0.1) is 0 Å². The van der Waals surface area contributed by atoms with Gasteiger partial charge in [0.25, 0.3) is 0 Å². The van der Waals surface area contributed by atoms with Crippen LogP contribution in [0.4, 0.5) is 0 Å². The monoisotopic (exact) mass is 314 g/mol. The van der Waals surface area contributed by atoms with E-state index in [-0.39, 0.29) is 0 Å². The van der Waals surface area contributed by atoms with Crippen LogP contribution in [0.3, 0.4) is 0 Å². The van der Waals surface area contributed by atoms with Gasteiger partial charge in [0.2, 0.25) is 0 Å². The third-order valence-corrected chi connectivity index (χ3v) is 4.22. The maximum atomic E-state index is 5.37. The fraction of sp³-hybridized carbons (Fsp3) is 0.944. The average Bonchev–Trinajstić information content (AvgIpc) is 2.46. The molecule has 0 saturated carbocycles. The van der Waals surface area contributed by atoms with Crippen LogP contribution in [0.5, 0.6) is 0 Å². The zero-order chi connectivity index (χ0) is 15.6. The van der Waals surface area contributed by atoms with Crippen molar-refractivity contribution in [2.75, 3.05) is 6.54 Å². The fourth-order valence-electron chi connectivity index (χ4n) is 2.71. The van der Waals surface area contributed by atoms with E-state index in [4.69, 9.17) is 18.0 Å². The maximum absolute atomic E-state index is 5.37. The number of nitrogens with one attached hydrogen (secondary N) is 1. The molecule has 0 amide bonds. The van der Waals surface area contributed by atoms with Crippen molar-refractivity contribution >= 4 is 17.3 Å². The van der Waals surface area contributed by atoms with Crippen molar-refractivity contribution in [3.05, 3.63) is 0 Å². The third kappa shape index (κ3) is 19.7. The molecular weight excluding hydrogens is 276 g/mol. The fourth-order valence-corrected chi connectivity index (χ4v) is 2.81. The van der Waals surface area contributed by atoms with E-state index < -0.39 is 0 Å². The number of hydrogen-bond donors (Lipinski definition) is 2. The number of rotatable bonds is 16. The lowest BCUT2D eigenvalue weighted by molar-refractivity contribution is 0.532. The second-order valence-corrected chi connectivity index (χ2v) is 6.68. The summed E-state index contributed by atoms with van der Waals surface area (Å²) in [6, 6.07) is 0. The van der Waals surface area contributed by atoms with Gasteiger partial charge >= 0.3 is 0 Å². The zero-order valence-corrected chi connectivity index (χ0v) is 15.1. The normalized spacial score (nSPS) is 10.7. The Kier molecular flexibility index (Phi) is 17.5. The van der Waals surface area contributed by atoms with E-state index in [1.54, 1.807) is 0 Å². The molecule has 0 fully saturated rings. The van der Waals surface area contributed by atoms with Crippen LogP contribution < -0.4 is 11.1 Å². The first-order chi connectivity index (χ1) is 10.3. The number of unbranched alkanes of at least 4 members (excludes halogenated alkanes) is 14. The predicted octanol–water partition coefficient (Wildman–Crippen LogP) is 5.69. The molecule has 0 heterocycles. The maximum Gasteiger partial charge on any atom is 0.163 e. The minimum atomic E-state index is 0.431. The lowest BCUT2D eigenvalue weighted by Crippen LogP contribution is -2.29. The van der Waals surface area contributed by atoms with Gasteiger partial charge in [0, 0.05) is 6.54 Å². The standard InChI is InChI=1S/C18H38N2S/c1-2-3-4-5-6-7-8-9-10-11-12-13-14-15-16-17-20-18(19)21/h2-17H2,1H3,(H3,19,20,21). The molecule has 0 atom stereocenters. The molecule has 21 heavy (non-hydrogen) atoms. The van der Waals surface area contributed by atoms with Gasteiger partial charge in [-0.2, -0.15) is 0 Å². The molecule has 0 aromatic carbocycles. The van der Waals surface area contributed by atoms with Crippen molar-refractivity contribution in [1.29, 1.82) is 0 Å². The number of hydrogen-bond acceptors (Lipinski definition) is 1. The van der Waals surface area contributed by atoms with Gasteiger partial charge in [0.1, 0.15) is 0 Å². The Bertz CT molecular complexity index is 219. The quantitative estimate of drug-likeness (QED) is 0.284. The molecule has 0 aliphatic rings. The first kappa shape index (κ1) is 20.7. The Morgan fingerprint density at radius 3 is 1.33 bits per heavy atom. The van der Waals surface area contributed by atoms with Gasteiger partial charge in [-0.1, -0.05) is 96.8 Å². The molecule has 2 nitrogen and oxygen atoms in total. The Morgan fingerprint density at radius 2 is 1.00 bits per heavy atom. The molecule has 0 spiro atoms. The SMILES string of the molecule is CCCCCCCCCCCCCCCCCNC(N)=S. The van der Waals surface area contributed by atoms with Gasteiger partial charge in [-0.15, -0.1) is 0 Å². The molecule has 0 radical (unpaired) electrons. The largest absolute Gasteiger partial charge is 0.376 e. The van der Waals surface area contributed by atoms with Crippen LogP contribution in [0.2, 0.25) is 0 Å². The molecule has 126 valence electrons. The predicted molar refractivity (Wildman–Crippen MR) is 99.7 cm³/mol. The summed E-state index contributed by atoms with van der Waals surface area (Å²) in [7, 11) is 0. The molecule has 0 aromatic rings. The lowest BCUT2D eigenvalue weighted by Gasteiger charge is -2.04. The molecule has 0 aromatic heterocycles. The van der Waals surface area contributed by atoms with Crippen LogP contribution in [0.1, 0.15) is 103 Å². The molecule has 0 aliphatic carbocycles. The van der Waals surface area contributed by atoms with E-state index in [0.717, 1.165) is 6.54 Å². The van der Waals surface area contributed by atoms with Crippen LogP contribution in [-0.2, 0) is 0 Å². The van der Waals surface area contributed by atoms with E-state index in [1.165, 1.54) is 96.3 Å². The van der Waals surface area contributed by atoms with Crippen molar-refractivity contribution in [3.63, 3.8) is 0 Å². The average molecular weight is 315 g/mol. The summed E-state index contributed by atoms with van der Waals surface area (Å²) in [6.07, 6.45) is 21.0. The first-order valence-electron chi connectivity index (χ1n) is 9.30. The molecular formula is C18H38N2S. The first-order valence-corrected chi connectivity index (χ1v) is 9.71. The van der Waals surface area contributed by atoms with Crippen molar-refractivity contribution in [2.45, 2.75) is 103 Å². The smallest absolute Gasteiger partial charge is 0.163 e. The summed E-state index contributed by atoms with van der Waals surface area (Å²) in [6.45, 7) is 3.22. The van der Waals surface area contributed by atoms with E-state index in [2.05, 4.69) is 12.2 Å². The Hall–Kier alpha value is -0.310. The minimum absolute atomic E-state index is 0.431. The van der Waals surface area contributed by atoms with Gasteiger partial charge in [0.15, 0.2) is 5.11 Å². The zero-order valence-electron chi connectivity index (χ0n) is 14.3. The van der Waals surface area contributed by atoms with E-state index in [0.29, 0.717) is 5.11 Å². The van der Waals surface area contributed by atoms with Crippen LogP contribution in [0.15, 0.2) is 0 Å². The number of thiocarbonyl (C=S) groups is 1. The van der Waals surface area contributed by atoms with Gasteiger partial charge in [-0.3, -0.25) is 0 Å². The summed E-state index contributed by atoms with van der Waals surface area (Å²) in [5, 5.41) is 3.43. The second kappa shape index (κ2) is 17.7. The van der Waals surface area contributed by atoms with E-state index >= 15 is 0 Å². The minimum Gasteiger partial charge on any atom is -0.376 e. The van der Waals surface area contributed by atoms with Crippen LogP contribution >= 0.6 is 12.2 Å². The molecule has 0 bridgehead atoms. The van der Waals surface area contributed by atoms with Gasteiger partial charge < -0.3 is 11.1 Å². The topological polar surface area (TPSA) is 38.0 Å². The molecule has 3 heteroatoms. The van der Waals surface area contributed by atoms with E-state index in [9.17, 15) is 0 Å². The van der Waals surface area contributed by atoms with Gasteiger partial charge in [0.05, 0.1) is 0 Å². The molecule has 0 unspecified atom stereocenters. The third-order valence-electron chi connectivity index (χ3n) is 4.08. The van der Waals surface area contributed by atoms with Crippen molar-refractivity contribution in [3.8, 4) is 0 Å². The van der Waals surface area contributed by atoms with Crippen molar-refractivity contribution in [1.82, 2.24) is 5.32 Å². The molecule has 0 saturated heterocycles. The Balaban J connectivity index is 2.95. The van der Waals surface area contributed by atoms with Gasteiger partial charge in [-0.05, 0) is 18.6 Å². The molecule has 0 aliphatic heterocycles. The molecule has 3 N–H and O–H groups in total. The lowest BCUT2D eigenvalue weighted by atomic mass is 10.0. The summed E-state index contributed by atoms with van der Waals surface area (Å²) < 4.78 is 0. The summed E-state index contributed by atoms with van der Waals surface area (Å²) in [4.78, 5) is 0. The highest BCUT2D eigenvalue weighted by atomic mass is 32.1. The van der Waals surface area contributed by atoms with Crippen molar-refractivity contribution < 1.29 is 0 Å². The highest BCUT2D eigenvalue weighted by Gasteiger charge is 1.94. The summed E-state index contributed by atoms with van der Waals surface area (Å²) >= 11 is 4.77. The highest BCUT2D eigenvalue weighted by molar-refractivity contribution is 7.80. The van der Waals surface area contributed by atoms with Crippen LogP contribution in [0.25, 0.3) is 0 Å². The van der Waals surface area contributed by atoms with Gasteiger partial charge in [-0.25, -0.2) is 0 Å². The summed E-state index contributed by atoms with van der Waals surface area (Å²) in [5.41, 5.74) is 5.37. The number of nitrogens with two attached hydrogens (primary N) is 1. The Labute approximate surface area is 138 Å².